The quantitative estimate of drug-likeness (QED) is 0.718. The van der Waals surface area contributed by atoms with Crippen molar-refractivity contribution in [1.29, 1.82) is 0 Å². The monoisotopic (exact) mass is 423 g/mol. The van der Waals surface area contributed by atoms with Gasteiger partial charge in [0.15, 0.2) is 5.82 Å². The number of carbonyl (C=O) groups is 2. The first-order valence-electron chi connectivity index (χ1n) is 10.7. The van der Waals surface area contributed by atoms with Gasteiger partial charge in [0.25, 0.3) is 0 Å². The molecule has 1 aromatic heterocycles. The molecule has 1 aliphatic rings. The molecule has 0 bridgehead atoms. The van der Waals surface area contributed by atoms with E-state index in [0.717, 1.165) is 19.6 Å². The highest BCUT2D eigenvalue weighted by molar-refractivity contribution is 5.75. The minimum absolute atomic E-state index is 0.0259. The lowest BCUT2D eigenvalue weighted by Crippen LogP contribution is -2.51. The number of ether oxygens (including phenoxy) is 1. The van der Waals surface area contributed by atoms with Crippen LogP contribution in [-0.4, -0.2) is 76.8 Å². The maximum absolute atomic E-state index is 12.1. The van der Waals surface area contributed by atoms with Crippen LogP contribution >= 0.6 is 0 Å². The van der Waals surface area contributed by atoms with Crippen LogP contribution in [0.5, 0.6) is 0 Å². The number of hydrogen-bond acceptors (Lipinski definition) is 7. The van der Waals surface area contributed by atoms with Crippen LogP contribution in [-0.2, 0) is 21.4 Å². The van der Waals surface area contributed by atoms with Gasteiger partial charge >= 0.3 is 6.09 Å². The van der Waals surface area contributed by atoms with Crippen molar-refractivity contribution in [1.82, 2.24) is 25.3 Å². The van der Waals surface area contributed by atoms with Gasteiger partial charge in [-0.1, -0.05) is 25.9 Å². The molecule has 1 fully saturated rings. The molecule has 1 N–H and O–H groups in total. The van der Waals surface area contributed by atoms with Gasteiger partial charge in [-0.05, 0) is 27.2 Å². The van der Waals surface area contributed by atoms with E-state index in [4.69, 9.17) is 9.26 Å². The van der Waals surface area contributed by atoms with Gasteiger partial charge in [-0.25, -0.2) is 4.79 Å². The average molecular weight is 424 g/mol. The van der Waals surface area contributed by atoms with Crippen molar-refractivity contribution in [3.8, 4) is 0 Å². The van der Waals surface area contributed by atoms with Gasteiger partial charge in [0, 0.05) is 57.5 Å². The van der Waals surface area contributed by atoms with E-state index < -0.39 is 5.60 Å². The molecule has 0 spiro atoms. The molecule has 0 atom stereocenters. The lowest BCUT2D eigenvalue weighted by atomic mass is 9.96. The molecule has 2 heterocycles. The fourth-order valence-electron chi connectivity index (χ4n) is 2.98. The van der Waals surface area contributed by atoms with Crippen LogP contribution in [0.1, 0.15) is 66.1 Å². The van der Waals surface area contributed by atoms with Crippen molar-refractivity contribution < 1.29 is 18.8 Å². The Morgan fingerprint density at radius 1 is 1.10 bits per heavy atom. The van der Waals surface area contributed by atoms with E-state index in [9.17, 15) is 9.59 Å². The Labute approximate surface area is 179 Å². The molecule has 1 aliphatic heterocycles. The zero-order chi connectivity index (χ0) is 22.4. The molecule has 2 rings (SSSR count). The van der Waals surface area contributed by atoms with Gasteiger partial charge in [-0.3, -0.25) is 9.69 Å². The standard InChI is InChI=1S/C21H37N5O4/c1-20(2,3)18-23-17(30-24-18)9-7-8-16(27)22-10-11-25-12-14-26(15-13-25)19(28)29-21(4,5)6/h7-15H2,1-6H3,(H,22,27). The van der Waals surface area contributed by atoms with E-state index in [-0.39, 0.29) is 17.4 Å². The second-order valence-electron chi connectivity index (χ2n) is 9.77. The summed E-state index contributed by atoms with van der Waals surface area (Å²) >= 11 is 0. The van der Waals surface area contributed by atoms with E-state index in [1.807, 2.05) is 41.5 Å². The molecular formula is C21H37N5O4. The Balaban J connectivity index is 1.57. The minimum atomic E-state index is -0.475. The molecule has 0 aliphatic carbocycles. The van der Waals surface area contributed by atoms with Crippen molar-refractivity contribution in [2.24, 2.45) is 0 Å². The first kappa shape index (κ1) is 24.1. The number of rotatable bonds is 7. The number of hydrogen-bond donors (Lipinski definition) is 1. The molecule has 9 nitrogen and oxygen atoms in total. The highest BCUT2D eigenvalue weighted by Gasteiger charge is 2.25. The van der Waals surface area contributed by atoms with Gasteiger partial charge in [0.05, 0.1) is 0 Å². The number of carbonyl (C=O) groups excluding carboxylic acids is 2. The van der Waals surface area contributed by atoms with Gasteiger partial charge in [0.1, 0.15) is 5.60 Å². The second kappa shape index (κ2) is 10.2. The maximum atomic E-state index is 12.1. The van der Waals surface area contributed by atoms with Crippen LogP contribution in [0, 0.1) is 0 Å². The number of aryl methyl sites for hydroxylation is 1. The highest BCUT2D eigenvalue weighted by atomic mass is 16.6. The van der Waals surface area contributed by atoms with E-state index in [1.54, 1.807) is 4.90 Å². The molecule has 9 heteroatoms. The molecule has 170 valence electrons. The molecule has 30 heavy (non-hydrogen) atoms. The van der Waals surface area contributed by atoms with E-state index >= 15 is 0 Å². The highest BCUT2D eigenvalue weighted by Crippen LogP contribution is 2.19. The van der Waals surface area contributed by atoms with E-state index in [1.165, 1.54) is 0 Å². The summed E-state index contributed by atoms with van der Waals surface area (Å²) in [5.41, 5.74) is -0.617. The molecule has 0 aromatic carbocycles. The fourth-order valence-corrected chi connectivity index (χ4v) is 2.98. The van der Waals surface area contributed by atoms with E-state index in [2.05, 4.69) is 20.4 Å². The smallest absolute Gasteiger partial charge is 0.410 e. The van der Waals surface area contributed by atoms with Crippen LogP contribution < -0.4 is 5.32 Å². The lowest BCUT2D eigenvalue weighted by molar-refractivity contribution is -0.121. The topological polar surface area (TPSA) is 101 Å². The van der Waals surface area contributed by atoms with E-state index in [0.29, 0.717) is 50.6 Å². The van der Waals surface area contributed by atoms with Crippen LogP contribution in [0.2, 0.25) is 0 Å². The predicted molar refractivity (Wildman–Crippen MR) is 113 cm³/mol. The number of nitrogens with one attached hydrogen (secondary N) is 1. The molecule has 0 unspecified atom stereocenters. The van der Waals surface area contributed by atoms with Gasteiger partial charge < -0.3 is 19.5 Å². The zero-order valence-corrected chi connectivity index (χ0v) is 19.3. The summed E-state index contributed by atoms with van der Waals surface area (Å²) in [4.78, 5) is 32.5. The zero-order valence-electron chi connectivity index (χ0n) is 19.3. The average Bonchev–Trinajstić information content (AvgIpc) is 3.10. The Morgan fingerprint density at radius 2 is 1.77 bits per heavy atom. The Morgan fingerprint density at radius 3 is 2.33 bits per heavy atom. The molecule has 1 aromatic rings. The molecular weight excluding hydrogens is 386 g/mol. The lowest BCUT2D eigenvalue weighted by Gasteiger charge is -2.35. The summed E-state index contributed by atoms with van der Waals surface area (Å²) in [5, 5.41) is 6.95. The van der Waals surface area contributed by atoms with Crippen molar-refractivity contribution in [3.05, 3.63) is 11.7 Å². The third-order valence-corrected chi connectivity index (χ3v) is 4.71. The Kier molecular flexibility index (Phi) is 8.23. The van der Waals surface area contributed by atoms with Crippen molar-refractivity contribution in [2.75, 3.05) is 39.3 Å². The van der Waals surface area contributed by atoms with Crippen molar-refractivity contribution in [2.45, 2.75) is 71.8 Å². The largest absolute Gasteiger partial charge is 0.444 e. The SMILES string of the molecule is CC(C)(C)OC(=O)N1CCN(CCNC(=O)CCCc2nc(C(C)(C)C)no2)CC1. The number of piperazine rings is 1. The first-order chi connectivity index (χ1) is 13.9. The third kappa shape index (κ3) is 8.30. The fraction of sp³-hybridized carbons (Fsp3) is 0.810. The van der Waals surface area contributed by atoms with Crippen molar-refractivity contribution >= 4 is 12.0 Å². The van der Waals surface area contributed by atoms with Gasteiger partial charge in [-0.2, -0.15) is 4.98 Å². The summed E-state index contributed by atoms with van der Waals surface area (Å²) in [6, 6.07) is 0. The maximum Gasteiger partial charge on any atom is 0.410 e. The summed E-state index contributed by atoms with van der Waals surface area (Å²) < 4.78 is 10.7. The molecule has 0 radical (unpaired) electrons. The third-order valence-electron chi connectivity index (χ3n) is 4.71. The Bertz CT molecular complexity index is 697. The molecule has 0 saturated carbocycles. The normalized spacial score (nSPS) is 15.9. The van der Waals surface area contributed by atoms with Crippen LogP contribution in [0.3, 0.4) is 0 Å². The Hall–Kier alpha value is -2.16. The van der Waals surface area contributed by atoms with Crippen LogP contribution in [0.4, 0.5) is 4.79 Å². The minimum Gasteiger partial charge on any atom is -0.444 e. The summed E-state index contributed by atoms with van der Waals surface area (Å²) in [5.74, 6) is 1.29. The molecule has 1 saturated heterocycles. The molecule has 2 amide bonds. The predicted octanol–water partition coefficient (Wildman–Crippen LogP) is 2.36. The number of nitrogens with zero attached hydrogens (tertiary/aromatic N) is 4. The first-order valence-corrected chi connectivity index (χ1v) is 10.7. The second-order valence-corrected chi connectivity index (χ2v) is 9.77. The van der Waals surface area contributed by atoms with Crippen LogP contribution in [0.15, 0.2) is 4.52 Å². The van der Waals surface area contributed by atoms with Crippen LogP contribution in [0.25, 0.3) is 0 Å². The van der Waals surface area contributed by atoms with Gasteiger partial charge in [-0.15, -0.1) is 0 Å². The van der Waals surface area contributed by atoms with Crippen molar-refractivity contribution in [3.63, 3.8) is 0 Å². The number of aromatic nitrogens is 2. The number of amides is 2. The summed E-state index contributed by atoms with van der Waals surface area (Å²) in [6.45, 7) is 15.9. The summed E-state index contributed by atoms with van der Waals surface area (Å²) in [6.07, 6.45) is 1.45. The summed E-state index contributed by atoms with van der Waals surface area (Å²) in [7, 11) is 0. The van der Waals surface area contributed by atoms with Gasteiger partial charge in [0.2, 0.25) is 11.8 Å².